The van der Waals surface area contributed by atoms with E-state index in [2.05, 4.69) is 20.8 Å². The number of nitrogens with one attached hydrogen (secondary N) is 1. The van der Waals surface area contributed by atoms with Crippen LogP contribution in [-0.2, 0) is 10.5 Å². The van der Waals surface area contributed by atoms with E-state index in [4.69, 9.17) is 0 Å². The number of thioether (sulfide) groups is 1. The highest BCUT2D eigenvalue weighted by atomic mass is 32.2. The van der Waals surface area contributed by atoms with E-state index in [1.807, 2.05) is 12.1 Å². The third kappa shape index (κ3) is 4.39. The van der Waals surface area contributed by atoms with Crippen molar-refractivity contribution in [1.29, 1.82) is 0 Å². The number of carbonyl (C=O) groups excluding carboxylic acids is 1. The van der Waals surface area contributed by atoms with E-state index in [-0.39, 0.29) is 11.7 Å². The van der Waals surface area contributed by atoms with Gasteiger partial charge in [0.05, 0.1) is 11.4 Å². The molecule has 0 aliphatic heterocycles. The van der Waals surface area contributed by atoms with Gasteiger partial charge in [0.1, 0.15) is 12.1 Å². The first-order chi connectivity index (χ1) is 11.7. The summed E-state index contributed by atoms with van der Waals surface area (Å²) >= 11 is 1.47. The molecule has 1 aromatic heterocycles. The third-order valence-corrected chi connectivity index (χ3v) is 4.16. The molecule has 6 nitrogen and oxygen atoms in total. The van der Waals surface area contributed by atoms with Crippen molar-refractivity contribution in [2.75, 3.05) is 11.1 Å². The van der Waals surface area contributed by atoms with E-state index in [0.29, 0.717) is 17.2 Å². The van der Waals surface area contributed by atoms with Gasteiger partial charge in [0.25, 0.3) is 0 Å². The van der Waals surface area contributed by atoms with Gasteiger partial charge in [0, 0.05) is 11.4 Å². The first kappa shape index (κ1) is 16.1. The zero-order chi connectivity index (χ0) is 16.8. The summed E-state index contributed by atoms with van der Waals surface area (Å²) in [6.07, 6.45) is 1.49. The fourth-order valence-corrected chi connectivity index (χ4v) is 2.83. The summed E-state index contributed by atoms with van der Waals surface area (Å²) in [5.41, 5.74) is 2.42. The Kier molecular flexibility index (Phi) is 5.17. The van der Waals surface area contributed by atoms with Crippen LogP contribution in [0.5, 0.6) is 0 Å². The molecule has 1 amide bonds. The number of carbonyl (C=O) groups is 1. The molecule has 0 saturated heterocycles. The van der Waals surface area contributed by atoms with Crippen LogP contribution in [0.1, 0.15) is 5.56 Å². The maximum Gasteiger partial charge on any atom is 0.234 e. The minimum Gasteiger partial charge on any atom is -0.325 e. The number of hydrogen-bond acceptors (Lipinski definition) is 5. The molecule has 8 heteroatoms. The summed E-state index contributed by atoms with van der Waals surface area (Å²) in [5, 5.41) is 13.8. The molecular weight excluding hydrogens is 329 g/mol. The maximum atomic E-state index is 12.8. The topological polar surface area (TPSA) is 72.7 Å². The van der Waals surface area contributed by atoms with Crippen molar-refractivity contribution >= 4 is 23.4 Å². The fraction of sp³-hybridized carbons (Fsp3) is 0.125. The Balaban J connectivity index is 1.51. The van der Waals surface area contributed by atoms with Crippen LogP contribution in [0.25, 0.3) is 5.69 Å². The van der Waals surface area contributed by atoms with Crippen molar-refractivity contribution in [1.82, 2.24) is 20.2 Å². The molecule has 1 heterocycles. The Morgan fingerprint density at radius 2 is 2.04 bits per heavy atom. The van der Waals surface area contributed by atoms with Crippen molar-refractivity contribution in [3.05, 3.63) is 66.2 Å². The molecule has 2 aromatic carbocycles. The number of amides is 1. The standard InChI is InChI=1S/C16H14FN5OS/c17-13-6-4-12(5-7-13)9-24-10-16(23)19-14-2-1-3-15(8-14)22-11-18-20-21-22/h1-8,11H,9-10H2,(H,19,23). The lowest BCUT2D eigenvalue weighted by Gasteiger charge is -2.07. The van der Waals surface area contributed by atoms with E-state index >= 15 is 0 Å². The lowest BCUT2D eigenvalue weighted by atomic mass is 10.2. The molecule has 24 heavy (non-hydrogen) atoms. The fourth-order valence-electron chi connectivity index (χ4n) is 2.05. The smallest absolute Gasteiger partial charge is 0.234 e. The number of anilines is 1. The van der Waals surface area contributed by atoms with E-state index in [9.17, 15) is 9.18 Å². The minimum atomic E-state index is -0.260. The van der Waals surface area contributed by atoms with Crippen LogP contribution in [0.15, 0.2) is 54.9 Å². The maximum absolute atomic E-state index is 12.8. The van der Waals surface area contributed by atoms with E-state index in [1.165, 1.54) is 34.9 Å². The van der Waals surface area contributed by atoms with Crippen molar-refractivity contribution in [3.8, 4) is 5.69 Å². The summed E-state index contributed by atoms with van der Waals surface area (Å²) in [6.45, 7) is 0. The summed E-state index contributed by atoms with van der Waals surface area (Å²) in [6, 6.07) is 13.5. The summed E-state index contributed by atoms with van der Waals surface area (Å²) in [4.78, 5) is 12.0. The molecule has 3 aromatic rings. The van der Waals surface area contributed by atoms with Gasteiger partial charge in [0.15, 0.2) is 0 Å². The van der Waals surface area contributed by atoms with E-state index in [0.717, 1.165) is 11.3 Å². The molecule has 3 rings (SSSR count). The zero-order valence-electron chi connectivity index (χ0n) is 12.6. The Hall–Kier alpha value is -2.74. The van der Waals surface area contributed by atoms with Gasteiger partial charge in [-0.15, -0.1) is 16.9 Å². The predicted octanol–water partition coefficient (Wildman–Crippen LogP) is 2.67. The van der Waals surface area contributed by atoms with Crippen LogP contribution < -0.4 is 5.32 Å². The highest BCUT2D eigenvalue weighted by molar-refractivity contribution is 7.99. The van der Waals surface area contributed by atoms with Gasteiger partial charge >= 0.3 is 0 Å². The normalized spacial score (nSPS) is 10.5. The molecular formula is C16H14FN5OS. The molecule has 0 atom stereocenters. The SMILES string of the molecule is O=C(CSCc1ccc(F)cc1)Nc1cccc(-n2cnnn2)c1. The monoisotopic (exact) mass is 343 g/mol. The Labute approximate surface area is 142 Å². The van der Waals surface area contributed by atoms with Crippen molar-refractivity contribution in [3.63, 3.8) is 0 Å². The van der Waals surface area contributed by atoms with Gasteiger partial charge in [-0.25, -0.2) is 9.07 Å². The number of tetrazole rings is 1. The second kappa shape index (κ2) is 7.69. The molecule has 1 N–H and O–H groups in total. The predicted molar refractivity (Wildman–Crippen MR) is 90.3 cm³/mol. The van der Waals surface area contributed by atoms with Crippen LogP contribution in [0, 0.1) is 5.82 Å². The number of benzene rings is 2. The second-order valence-corrected chi connectivity index (χ2v) is 5.96. The van der Waals surface area contributed by atoms with Crippen LogP contribution in [0.3, 0.4) is 0 Å². The van der Waals surface area contributed by atoms with Crippen molar-refractivity contribution < 1.29 is 9.18 Å². The van der Waals surface area contributed by atoms with E-state index in [1.54, 1.807) is 24.3 Å². The van der Waals surface area contributed by atoms with Gasteiger partial charge in [-0.3, -0.25) is 4.79 Å². The number of halogens is 1. The first-order valence-electron chi connectivity index (χ1n) is 7.16. The Bertz CT molecular complexity index is 808. The largest absolute Gasteiger partial charge is 0.325 e. The lowest BCUT2D eigenvalue weighted by molar-refractivity contribution is -0.113. The van der Waals surface area contributed by atoms with Crippen LogP contribution >= 0.6 is 11.8 Å². The molecule has 0 bridgehead atoms. The first-order valence-corrected chi connectivity index (χ1v) is 8.32. The van der Waals surface area contributed by atoms with Crippen molar-refractivity contribution in [2.24, 2.45) is 0 Å². The van der Waals surface area contributed by atoms with Gasteiger partial charge < -0.3 is 5.32 Å². The third-order valence-electron chi connectivity index (χ3n) is 3.16. The Morgan fingerprint density at radius 1 is 1.21 bits per heavy atom. The van der Waals surface area contributed by atoms with Gasteiger partial charge in [0.2, 0.25) is 5.91 Å². The highest BCUT2D eigenvalue weighted by Crippen LogP contribution is 2.16. The summed E-state index contributed by atoms with van der Waals surface area (Å²) in [5.74, 6) is 0.602. The molecule has 0 aliphatic rings. The highest BCUT2D eigenvalue weighted by Gasteiger charge is 2.05. The zero-order valence-corrected chi connectivity index (χ0v) is 13.4. The average molecular weight is 343 g/mol. The Morgan fingerprint density at radius 3 is 2.79 bits per heavy atom. The molecule has 122 valence electrons. The lowest BCUT2D eigenvalue weighted by Crippen LogP contribution is -2.14. The van der Waals surface area contributed by atoms with E-state index < -0.39 is 0 Å². The number of aromatic nitrogens is 4. The van der Waals surface area contributed by atoms with Crippen LogP contribution in [-0.4, -0.2) is 31.9 Å². The quantitative estimate of drug-likeness (QED) is 0.745. The number of hydrogen-bond donors (Lipinski definition) is 1. The average Bonchev–Trinajstić information content (AvgIpc) is 3.11. The van der Waals surface area contributed by atoms with Gasteiger partial charge in [-0.1, -0.05) is 18.2 Å². The molecule has 0 saturated carbocycles. The summed E-state index contributed by atoms with van der Waals surface area (Å²) in [7, 11) is 0. The number of rotatable bonds is 6. The second-order valence-electron chi connectivity index (χ2n) is 4.97. The van der Waals surface area contributed by atoms with Crippen molar-refractivity contribution in [2.45, 2.75) is 5.75 Å². The minimum absolute atomic E-state index is 0.101. The summed E-state index contributed by atoms with van der Waals surface area (Å²) < 4.78 is 14.3. The molecule has 0 aliphatic carbocycles. The van der Waals surface area contributed by atoms with Gasteiger partial charge in [-0.2, -0.15) is 0 Å². The van der Waals surface area contributed by atoms with Gasteiger partial charge in [-0.05, 0) is 46.3 Å². The molecule has 0 spiro atoms. The van der Waals surface area contributed by atoms with Crippen LogP contribution in [0.4, 0.5) is 10.1 Å². The van der Waals surface area contributed by atoms with Crippen LogP contribution in [0.2, 0.25) is 0 Å². The molecule has 0 fully saturated rings. The molecule has 0 unspecified atom stereocenters. The molecule has 0 radical (unpaired) electrons. The number of nitrogens with zero attached hydrogens (tertiary/aromatic N) is 4.